The number of carbonyl (C=O) groups is 9. The van der Waals surface area contributed by atoms with Crippen LogP contribution in [0.2, 0.25) is 0 Å². The van der Waals surface area contributed by atoms with Crippen molar-refractivity contribution in [2.45, 2.75) is 137 Å². The number of carboxylic acid groups (broad SMARTS) is 1. The lowest BCUT2D eigenvalue weighted by atomic mass is 9.95. The van der Waals surface area contributed by atoms with Crippen molar-refractivity contribution >= 4 is 65.9 Å². The number of thiol groups is 1. The molecule has 58 heavy (non-hydrogen) atoms. The quantitative estimate of drug-likeness (QED) is 0.0408. The van der Waals surface area contributed by atoms with Crippen molar-refractivity contribution in [3.8, 4) is 0 Å². The lowest BCUT2D eigenvalue weighted by Gasteiger charge is -2.31. The van der Waals surface area contributed by atoms with Gasteiger partial charge < -0.3 is 58.9 Å². The van der Waals surface area contributed by atoms with Crippen LogP contribution in [-0.2, 0) is 43.2 Å². The number of hydrogen-bond donors (Lipinski definition) is 12. The largest absolute Gasteiger partial charge is 0.480 e. The number of hydrogen-bond acceptors (Lipinski definition) is 12. The van der Waals surface area contributed by atoms with Crippen molar-refractivity contribution in [1.29, 1.82) is 0 Å². The van der Waals surface area contributed by atoms with Crippen LogP contribution in [0.25, 0.3) is 0 Å². The molecular formula is C37H67N9O11S. The van der Waals surface area contributed by atoms with Crippen LogP contribution in [0.4, 0.5) is 0 Å². The van der Waals surface area contributed by atoms with Gasteiger partial charge in [0.2, 0.25) is 47.3 Å². The third-order valence-electron chi connectivity index (χ3n) is 9.70. The van der Waals surface area contributed by atoms with Gasteiger partial charge in [-0.15, -0.1) is 0 Å². The minimum absolute atomic E-state index is 0.0421. The average molecular weight is 846 g/mol. The molecule has 0 aromatic heterocycles. The topological polar surface area (TPSA) is 330 Å². The van der Waals surface area contributed by atoms with Crippen molar-refractivity contribution in [2.75, 3.05) is 12.4 Å². The molecule has 10 atom stereocenters. The minimum Gasteiger partial charge on any atom is -0.480 e. The molecule has 0 aromatic carbocycles. The molecule has 20 nitrogen and oxygen atoms in total. The zero-order chi connectivity index (χ0) is 45.2. The van der Waals surface area contributed by atoms with Gasteiger partial charge in [0, 0.05) is 5.75 Å². The van der Waals surface area contributed by atoms with Crippen LogP contribution in [0, 0.1) is 29.6 Å². The van der Waals surface area contributed by atoms with Crippen LogP contribution >= 0.6 is 12.6 Å². The Balaban J connectivity index is 6.19. The molecule has 0 bridgehead atoms. The van der Waals surface area contributed by atoms with Crippen molar-refractivity contribution in [1.82, 2.24) is 37.2 Å². The van der Waals surface area contributed by atoms with E-state index in [9.17, 15) is 53.4 Å². The summed E-state index contributed by atoms with van der Waals surface area (Å²) in [5.41, 5.74) is 11.0. The highest BCUT2D eigenvalue weighted by atomic mass is 32.1. The third-order valence-corrected chi connectivity index (χ3v) is 10.1. The molecule has 0 unspecified atom stereocenters. The van der Waals surface area contributed by atoms with Gasteiger partial charge in [0.1, 0.15) is 42.3 Å². The maximum Gasteiger partial charge on any atom is 0.326 e. The van der Waals surface area contributed by atoms with Gasteiger partial charge in [0.25, 0.3) is 0 Å². The van der Waals surface area contributed by atoms with E-state index in [0.29, 0.717) is 12.8 Å². The minimum atomic E-state index is -1.70. The Morgan fingerprint density at radius 1 is 0.517 bits per heavy atom. The van der Waals surface area contributed by atoms with E-state index in [-0.39, 0.29) is 11.7 Å². The van der Waals surface area contributed by atoms with Gasteiger partial charge in [-0.1, -0.05) is 82.1 Å². The lowest BCUT2D eigenvalue weighted by Crippen LogP contribution is -2.63. The molecule has 0 heterocycles. The maximum atomic E-state index is 13.8. The highest BCUT2D eigenvalue weighted by Crippen LogP contribution is 2.13. The number of rotatable bonds is 26. The molecule has 0 aliphatic carbocycles. The predicted molar refractivity (Wildman–Crippen MR) is 217 cm³/mol. The van der Waals surface area contributed by atoms with E-state index < -0.39 is 138 Å². The van der Waals surface area contributed by atoms with E-state index in [1.54, 1.807) is 69.2 Å². The molecule has 0 aliphatic heterocycles. The standard InChI is InChI=1S/C37H67N9O11S/c1-11-19(9)28(36(55)41-23(14-47)32(51)40-22(13-24(39)48)31(50)46-29(37(56)57)20(10)12-2)45-35(54)27(18(7)8)44-34(53)26(17(5)6)43-33(52)25(16(3)4)42-30(49)21(38)15-58/h16-23,25-29,47,58H,11-15,38H2,1-10H3,(H2,39,48)(H,40,51)(H,41,55)(H,42,49)(H,43,52)(H,44,53)(H,45,54)(H,46,50)(H,56,57)/t19-,20-,21-,22-,23-,25-,26-,27-,28-,29-/m0/s1. The Kier molecular flexibility index (Phi) is 23.8. The summed E-state index contributed by atoms with van der Waals surface area (Å²) in [7, 11) is 0. The number of carboxylic acids is 1. The summed E-state index contributed by atoms with van der Waals surface area (Å²) in [6.07, 6.45) is 0.000510. The number of nitrogens with one attached hydrogen (secondary N) is 7. The molecule has 8 amide bonds. The predicted octanol–water partition coefficient (Wildman–Crippen LogP) is -2.35. The van der Waals surface area contributed by atoms with E-state index >= 15 is 0 Å². The fourth-order valence-electron chi connectivity index (χ4n) is 5.45. The molecule has 0 saturated heterocycles. The molecule has 0 aliphatic rings. The highest BCUT2D eigenvalue weighted by molar-refractivity contribution is 7.80. The smallest absolute Gasteiger partial charge is 0.326 e. The Morgan fingerprint density at radius 2 is 0.845 bits per heavy atom. The first-order valence-corrected chi connectivity index (χ1v) is 20.1. The van der Waals surface area contributed by atoms with E-state index in [2.05, 4.69) is 49.8 Å². The number of aliphatic hydroxyl groups excluding tert-OH is 1. The number of aliphatic hydroxyl groups is 1. The summed E-state index contributed by atoms with van der Waals surface area (Å²) in [6.45, 7) is 15.7. The Hall–Kier alpha value is -4.50. The molecule has 332 valence electrons. The molecule has 0 radical (unpaired) electrons. The van der Waals surface area contributed by atoms with E-state index in [1.807, 2.05) is 0 Å². The van der Waals surface area contributed by atoms with E-state index in [0.717, 1.165) is 0 Å². The first-order valence-electron chi connectivity index (χ1n) is 19.5. The van der Waals surface area contributed by atoms with Crippen LogP contribution in [0.1, 0.15) is 88.5 Å². The number of aliphatic carboxylic acids is 1. The summed E-state index contributed by atoms with van der Waals surface area (Å²) in [5, 5.41) is 37.1. The van der Waals surface area contributed by atoms with Gasteiger partial charge >= 0.3 is 5.97 Å². The molecule has 0 saturated carbocycles. The third kappa shape index (κ3) is 17.2. The molecule has 13 N–H and O–H groups in total. The molecule has 0 aromatic rings. The summed E-state index contributed by atoms with van der Waals surface area (Å²) >= 11 is 4.02. The fraction of sp³-hybridized carbons (Fsp3) is 0.757. The number of carbonyl (C=O) groups excluding carboxylic acids is 8. The van der Waals surface area contributed by atoms with Crippen molar-refractivity contribution in [3.05, 3.63) is 0 Å². The van der Waals surface area contributed by atoms with Crippen LogP contribution < -0.4 is 48.7 Å². The maximum absolute atomic E-state index is 13.8. The van der Waals surface area contributed by atoms with Gasteiger partial charge in [-0.05, 0) is 29.6 Å². The van der Waals surface area contributed by atoms with Crippen molar-refractivity contribution in [2.24, 2.45) is 41.1 Å². The number of amides is 8. The molecule has 21 heteroatoms. The normalized spacial score (nSPS) is 16.6. The zero-order valence-corrected chi connectivity index (χ0v) is 36.1. The summed E-state index contributed by atoms with van der Waals surface area (Å²) in [6, 6.07) is -10.4. The lowest BCUT2D eigenvalue weighted by molar-refractivity contribution is -0.144. The zero-order valence-electron chi connectivity index (χ0n) is 35.2. The second kappa shape index (κ2) is 25.8. The first kappa shape index (κ1) is 53.5. The van der Waals surface area contributed by atoms with Crippen LogP contribution in [0.5, 0.6) is 0 Å². The van der Waals surface area contributed by atoms with Crippen molar-refractivity contribution < 1.29 is 53.4 Å². The number of primary amides is 1. The summed E-state index contributed by atoms with van der Waals surface area (Å²) in [5.74, 6) is -10.6. The highest BCUT2D eigenvalue weighted by Gasteiger charge is 2.37. The summed E-state index contributed by atoms with van der Waals surface area (Å²) in [4.78, 5) is 117. The fourth-order valence-corrected chi connectivity index (χ4v) is 5.62. The van der Waals surface area contributed by atoms with Gasteiger partial charge in [0.05, 0.1) is 19.1 Å². The molecule has 0 spiro atoms. The monoisotopic (exact) mass is 845 g/mol. The van der Waals surface area contributed by atoms with Crippen LogP contribution in [0.3, 0.4) is 0 Å². The second-order valence-electron chi connectivity index (χ2n) is 15.5. The Morgan fingerprint density at radius 3 is 1.19 bits per heavy atom. The van der Waals surface area contributed by atoms with Gasteiger partial charge in [0.15, 0.2) is 0 Å². The number of nitrogens with two attached hydrogens (primary N) is 2. The van der Waals surface area contributed by atoms with Gasteiger partial charge in [-0.2, -0.15) is 12.6 Å². The first-order chi connectivity index (χ1) is 26.9. The van der Waals surface area contributed by atoms with Crippen LogP contribution in [0.15, 0.2) is 0 Å². The second-order valence-corrected chi connectivity index (χ2v) is 15.9. The molecule has 0 rings (SSSR count). The van der Waals surface area contributed by atoms with Crippen molar-refractivity contribution in [3.63, 3.8) is 0 Å². The SMILES string of the molecule is CC[C@H](C)[C@H](NC(=O)[C@H](CC(N)=O)NC(=O)[C@H](CO)NC(=O)[C@@H](NC(=O)[C@@H](NC(=O)[C@@H](NC(=O)[C@@H](NC(=O)[C@@H](N)CS)C(C)C)C(C)C)C(C)C)[C@@H](C)CC)C(=O)O. The Bertz CT molecular complexity index is 1450. The Labute approximate surface area is 346 Å². The van der Waals surface area contributed by atoms with E-state index in [4.69, 9.17) is 11.5 Å². The van der Waals surface area contributed by atoms with Crippen LogP contribution in [-0.4, -0.2) is 124 Å². The molecule has 0 fully saturated rings. The van der Waals surface area contributed by atoms with E-state index in [1.165, 1.54) is 0 Å². The van der Waals surface area contributed by atoms with Gasteiger partial charge in [-0.25, -0.2) is 4.79 Å². The summed E-state index contributed by atoms with van der Waals surface area (Å²) < 4.78 is 0. The average Bonchev–Trinajstić information content (AvgIpc) is 3.15. The molecular weight excluding hydrogens is 779 g/mol. The van der Waals surface area contributed by atoms with Gasteiger partial charge in [-0.3, -0.25) is 38.4 Å².